The number of pyridine rings is 1. The van der Waals surface area contributed by atoms with Crippen LogP contribution in [0.5, 0.6) is 0 Å². The molecule has 0 saturated heterocycles. The van der Waals surface area contributed by atoms with Crippen molar-refractivity contribution in [3.63, 3.8) is 0 Å². The number of aromatic nitrogens is 1. The molecule has 0 saturated carbocycles. The van der Waals surface area contributed by atoms with Crippen LogP contribution in [0.25, 0.3) is 0 Å². The van der Waals surface area contributed by atoms with Crippen LogP contribution < -0.4 is 0 Å². The molecule has 1 aromatic heterocycles. The van der Waals surface area contributed by atoms with E-state index in [2.05, 4.69) is 4.98 Å². The van der Waals surface area contributed by atoms with Crippen LogP contribution in [-0.2, 0) is 9.84 Å². The maximum atomic E-state index is 12.0. The van der Waals surface area contributed by atoms with Crippen molar-refractivity contribution in [3.8, 4) is 0 Å². The lowest BCUT2D eigenvalue weighted by Gasteiger charge is -2.10. The Kier molecular flexibility index (Phi) is 3.74. The second kappa shape index (κ2) is 5.29. The zero-order valence-electron chi connectivity index (χ0n) is 9.60. The summed E-state index contributed by atoms with van der Waals surface area (Å²) in [7, 11) is -3.50. The highest BCUT2D eigenvalue weighted by molar-refractivity contribution is 7.91. The molecular weight excluding hydrogens is 250 g/mol. The first-order valence-corrected chi connectivity index (χ1v) is 7.11. The molecule has 1 atom stereocenters. The van der Waals surface area contributed by atoms with E-state index in [0.717, 1.165) is 0 Å². The summed E-state index contributed by atoms with van der Waals surface area (Å²) in [6.07, 6.45) is 0.407. The molecule has 4 nitrogen and oxygen atoms in total. The van der Waals surface area contributed by atoms with Gasteiger partial charge < -0.3 is 5.11 Å². The Balaban J connectivity index is 2.20. The quantitative estimate of drug-likeness (QED) is 0.909. The fourth-order valence-electron chi connectivity index (χ4n) is 1.59. The van der Waals surface area contributed by atoms with Gasteiger partial charge in [0.05, 0.1) is 16.3 Å². The van der Waals surface area contributed by atoms with Gasteiger partial charge in [-0.3, -0.25) is 4.98 Å². The van der Waals surface area contributed by atoms with E-state index < -0.39 is 15.9 Å². The van der Waals surface area contributed by atoms with Gasteiger partial charge >= 0.3 is 0 Å². The molecule has 1 aromatic carbocycles. The fourth-order valence-corrected chi connectivity index (χ4v) is 2.94. The van der Waals surface area contributed by atoms with Crippen molar-refractivity contribution in [2.75, 3.05) is 5.75 Å². The van der Waals surface area contributed by atoms with E-state index >= 15 is 0 Å². The molecule has 0 aliphatic heterocycles. The SMILES string of the molecule is O=S(=O)(CC(O)c1ccccn1)c1ccccc1. The third-order valence-electron chi connectivity index (χ3n) is 2.51. The monoisotopic (exact) mass is 263 g/mol. The van der Waals surface area contributed by atoms with Gasteiger partial charge in [-0.05, 0) is 24.3 Å². The third kappa shape index (κ3) is 2.94. The van der Waals surface area contributed by atoms with Crippen LogP contribution in [0, 0.1) is 0 Å². The Morgan fingerprint density at radius 2 is 1.72 bits per heavy atom. The van der Waals surface area contributed by atoms with Gasteiger partial charge in [-0.2, -0.15) is 0 Å². The van der Waals surface area contributed by atoms with E-state index in [4.69, 9.17) is 0 Å². The molecule has 94 valence electrons. The van der Waals surface area contributed by atoms with Crippen molar-refractivity contribution in [2.24, 2.45) is 0 Å². The lowest BCUT2D eigenvalue weighted by molar-refractivity contribution is 0.196. The van der Waals surface area contributed by atoms with Gasteiger partial charge in [-0.15, -0.1) is 0 Å². The Labute approximate surface area is 106 Å². The molecule has 18 heavy (non-hydrogen) atoms. The molecule has 5 heteroatoms. The highest BCUT2D eigenvalue weighted by Gasteiger charge is 2.21. The number of sulfone groups is 1. The van der Waals surface area contributed by atoms with Crippen molar-refractivity contribution >= 4 is 9.84 Å². The Morgan fingerprint density at radius 1 is 1.06 bits per heavy atom. The minimum Gasteiger partial charge on any atom is -0.386 e. The molecule has 1 heterocycles. The number of rotatable bonds is 4. The maximum absolute atomic E-state index is 12.0. The summed E-state index contributed by atoms with van der Waals surface area (Å²) >= 11 is 0. The van der Waals surface area contributed by atoms with Gasteiger partial charge in [0.15, 0.2) is 9.84 Å². The number of nitrogens with zero attached hydrogens (tertiary/aromatic N) is 1. The topological polar surface area (TPSA) is 67.3 Å². The van der Waals surface area contributed by atoms with Gasteiger partial charge in [0.1, 0.15) is 6.10 Å². The highest BCUT2D eigenvalue weighted by Crippen LogP contribution is 2.17. The first-order chi connectivity index (χ1) is 8.59. The van der Waals surface area contributed by atoms with Crippen LogP contribution >= 0.6 is 0 Å². The predicted octanol–water partition coefficient (Wildman–Crippen LogP) is 1.59. The number of hydrogen-bond acceptors (Lipinski definition) is 4. The van der Waals surface area contributed by atoms with Gasteiger partial charge in [-0.25, -0.2) is 8.42 Å². The lowest BCUT2D eigenvalue weighted by Crippen LogP contribution is -2.15. The Hall–Kier alpha value is -1.72. The number of aliphatic hydroxyl groups is 1. The van der Waals surface area contributed by atoms with E-state index in [1.165, 1.54) is 18.3 Å². The minimum atomic E-state index is -3.50. The molecule has 0 bridgehead atoms. The summed E-state index contributed by atoms with van der Waals surface area (Å²) in [5, 5.41) is 9.88. The molecule has 0 fully saturated rings. The molecule has 2 aromatic rings. The Morgan fingerprint density at radius 3 is 2.33 bits per heavy atom. The standard InChI is InChI=1S/C13H13NO3S/c15-13(12-8-4-5-9-14-12)10-18(16,17)11-6-2-1-3-7-11/h1-9,13,15H,10H2. The second-order valence-corrected chi connectivity index (χ2v) is 5.90. The van der Waals surface area contributed by atoms with Crippen molar-refractivity contribution in [2.45, 2.75) is 11.0 Å². The molecule has 0 amide bonds. The highest BCUT2D eigenvalue weighted by atomic mass is 32.2. The summed E-state index contributed by atoms with van der Waals surface area (Å²) in [4.78, 5) is 4.15. The molecular formula is C13H13NO3S. The molecule has 1 N–H and O–H groups in total. The zero-order chi connectivity index (χ0) is 13.0. The lowest BCUT2D eigenvalue weighted by atomic mass is 10.2. The van der Waals surface area contributed by atoms with Crippen LogP contribution in [0.4, 0.5) is 0 Å². The van der Waals surface area contributed by atoms with Crippen LogP contribution in [0.1, 0.15) is 11.8 Å². The summed E-state index contributed by atoms with van der Waals surface area (Å²) in [5.41, 5.74) is 0.358. The van der Waals surface area contributed by atoms with Gasteiger partial charge in [0.25, 0.3) is 0 Å². The van der Waals surface area contributed by atoms with E-state index in [1.54, 1.807) is 36.4 Å². The first-order valence-electron chi connectivity index (χ1n) is 5.46. The predicted molar refractivity (Wildman–Crippen MR) is 67.7 cm³/mol. The smallest absolute Gasteiger partial charge is 0.181 e. The minimum absolute atomic E-state index is 0.208. The average molecular weight is 263 g/mol. The molecule has 0 radical (unpaired) electrons. The van der Waals surface area contributed by atoms with E-state index in [-0.39, 0.29) is 10.6 Å². The zero-order valence-corrected chi connectivity index (χ0v) is 10.4. The van der Waals surface area contributed by atoms with Crippen molar-refractivity contribution in [3.05, 3.63) is 60.4 Å². The molecule has 2 rings (SSSR count). The average Bonchev–Trinajstić information content (AvgIpc) is 2.40. The fraction of sp³-hybridized carbons (Fsp3) is 0.154. The van der Waals surface area contributed by atoms with Crippen LogP contribution in [0.15, 0.2) is 59.6 Å². The number of aliphatic hydroxyl groups excluding tert-OH is 1. The van der Waals surface area contributed by atoms with Crippen molar-refractivity contribution in [1.29, 1.82) is 0 Å². The second-order valence-electron chi connectivity index (χ2n) is 3.86. The van der Waals surface area contributed by atoms with E-state index in [0.29, 0.717) is 5.69 Å². The summed E-state index contributed by atoms with van der Waals surface area (Å²) in [6.45, 7) is 0. The van der Waals surface area contributed by atoms with Crippen LogP contribution in [0.3, 0.4) is 0 Å². The van der Waals surface area contributed by atoms with Crippen molar-refractivity contribution in [1.82, 2.24) is 4.98 Å². The van der Waals surface area contributed by atoms with Gasteiger partial charge in [-0.1, -0.05) is 24.3 Å². The van der Waals surface area contributed by atoms with Gasteiger partial charge in [0, 0.05) is 6.20 Å². The maximum Gasteiger partial charge on any atom is 0.181 e. The third-order valence-corrected chi connectivity index (χ3v) is 4.25. The largest absolute Gasteiger partial charge is 0.386 e. The van der Waals surface area contributed by atoms with Gasteiger partial charge in [0.2, 0.25) is 0 Å². The Bertz CT molecular complexity index is 597. The number of hydrogen-bond donors (Lipinski definition) is 1. The van der Waals surface area contributed by atoms with E-state index in [1.807, 2.05) is 0 Å². The molecule has 0 spiro atoms. The van der Waals surface area contributed by atoms with Crippen LogP contribution in [-0.4, -0.2) is 24.3 Å². The summed E-state index contributed by atoms with van der Waals surface area (Å²) < 4.78 is 24.1. The first kappa shape index (κ1) is 12.7. The number of benzene rings is 1. The summed E-state index contributed by atoms with van der Waals surface area (Å²) in [5.74, 6) is -0.367. The normalized spacial score (nSPS) is 13.2. The molecule has 1 unspecified atom stereocenters. The summed E-state index contributed by atoms with van der Waals surface area (Å²) in [6, 6.07) is 13.1. The molecule has 0 aliphatic rings. The van der Waals surface area contributed by atoms with Crippen LogP contribution in [0.2, 0.25) is 0 Å². The molecule has 0 aliphatic carbocycles. The van der Waals surface area contributed by atoms with E-state index in [9.17, 15) is 13.5 Å². The van der Waals surface area contributed by atoms with Crippen molar-refractivity contribution < 1.29 is 13.5 Å².